The van der Waals surface area contributed by atoms with Gasteiger partial charge in [-0.1, -0.05) is 58.3 Å². The SMILES string of the molecule is CC1=C(C)C(C)(C)C(P(C2=C(C)C(C)=C(C)C2(C)C)C2=C(C)C(C)=C(C)C2(C)C)=C1C. The molecule has 0 aliphatic heterocycles. The lowest BCUT2D eigenvalue weighted by molar-refractivity contribution is 0.551. The fourth-order valence-corrected chi connectivity index (χ4v) is 10.8. The van der Waals surface area contributed by atoms with Crippen molar-refractivity contribution in [2.45, 2.75) is 104 Å². The molecule has 0 aromatic carbocycles. The van der Waals surface area contributed by atoms with Gasteiger partial charge in [0.2, 0.25) is 0 Å². The van der Waals surface area contributed by atoms with E-state index in [1.54, 1.807) is 49.4 Å². The molecule has 0 heterocycles. The molecule has 0 nitrogen and oxygen atoms in total. The standard InChI is InChI=1S/C30H45P/c1-16-19(4)25(28(10,11)22(16)7)31(26-20(5)17(2)23(8)29(26,12)13)27-21(6)18(3)24(9)30(27,14)15/h1-15H3. The van der Waals surface area contributed by atoms with Gasteiger partial charge in [0.05, 0.1) is 0 Å². The predicted molar refractivity (Wildman–Crippen MR) is 141 cm³/mol. The Morgan fingerprint density at radius 2 is 0.548 bits per heavy atom. The van der Waals surface area contributed by atoms with E-state index in [4.69, 9.17) is 0 Å². The number of rotatable bonds is 3. The molecule has 0 atom stereocenters. The molecular weight excluding hydrogens is 391 g/mol. The monoisotopic (exact) mass is 436 g/mol. The summed E-state index contributed by atoms with van der Waals surface area (Å²) in [6.07, 6.45) is 0. The van der Waals surface area contributed by atoms with Gasteiger partial charge in [-0.05, 0) is 120 Å². The first-order valence-corrected chi connectivity index (χ1v) is 13.3. The van der Waals surface area contributed by atoms with Gasteiger partial charge in [0.15, 0.2) is 0 Å². The smallest absolute Gasteiger partial charge is 0.0121 e. The predicted octanol–water partition coefficient (Wildman–Crippen LogP) is 10.4. The van der Waals surface area contributed by atoms with E-state index in [2.05, 4.69) is 104 Å². The summed E-state index contributed by atoms with van der Waals surface area (Å²) in [4.78, 5) is 0. The molecule has 3 aliphatic rings. The maximum absolute atomic E-state index is 2.48. The van der Waals surface area contributed by atoms with Gasteiger partial charge in [-0.3, -0.25) is 0 Å². The third kappa shape index (κ3) is 3.04. The summed E-state index contributed by atoms with van der Waals surface area (Å²) in [5.74, 6) is 0. The van der Waals surface area contributed by atoms with Crippen LogP contribution in [0.25, 0.3) is 0 Å². The van der Waals surface area contributed by atoms with Gasteiger partial charge in [0.1, 0.15) is 0 Å². The van der Waals surface area contributed by atoms with E-state index in [0.29, 0.717) is 0 Å². The summed E-state index contributed by atoms with van der Waals surface area (Å²) < 4.78 is 0. The first kappa shape index (κ1) is 24.5. The van der Waals surface area contributed by atoms with Crippen LogP contribution in [0.1, 0.15) is 104 Å². The lowest BCUT2D eigenvalue weighted by atomic mass is 9.86. The topological polar surface area (TPSA) is 0 Å². The van der Waals surface area contributed by atoms with E-state index in [1.807, 2.05) is 0 Å². The molecule has 1 heteroatoms. The van der Waals surface area contributed by atoms with E-state index >= 15 is 0 Å². The zero-order valence-electron chi connectivity index (χ0n) is 22.9. The molecule has 0 unspecified atom stereocenters. The Balaban J connectivity index is 2.44. The molecule has 0 bridgehead atoms. The van der Waals surface area contributed by atoms with E-state index in [-0.39, 0.29) is 16.2 Å². The lowest BCUT2D eigenvalue weighted by Gasteiger charge is -2.43. The van der Waals surface area contributed by atoms with Crippen LogP contribution in [0.5, 0.6) is 0 Å². The van der Waals surface area contributed by atoms with Gasteiger partial charge in [0.25, 0.3) is 0 Å². The van der Waals surface area contributed by atoms with Crippen LogP contribution in [-0.4, -0.2) is 0 Å². The van der Waals surface area contributed by atoms with Crippen LogP contribution >= 0.6 is 7.92 Å². The molecule has 0 saturated heterocycles. The minimum absolute atomic E-state index is 0.0986. The zero-order valence-corrected chi connectivity index (χ0v) is 23.8. The molecule has 0 N–H and O–H groups in total. The average Bonchev–Trinajstić information content (AvgIpc) is 2.99. The summed E-state index contributed by atoms with van der Waals surface area (Å²) in [5.41, 5.74) is 14.1. The molecule has 0 fully saturated rings. The number of hydrogen-bond donors (Lipinski definition) is 0. The molecule has 31 heavy (non-hydrogen) atoms. The van der Waals surface area contributed by atoms with E-state index < -0.39 is 7.92 Å². The van der Waals surface area contributed by atoms with E-state index in [9.17, 15) is 0 Å². The number of hydrogen-bond acceptors (Lipinski definition) is 0. The molecule has 3 aliphatic carbocycles. The maximum Gasteiger partial charge on any atom is 0.0121 e. The Labute approximate surface area is 194 Å². The first-order valence-electron chi connectivity index (χ1n) is 11.9. The Morgan fingerprint density at radius 3 is 0.677 bits per heavy atom. The van der Waals surface area contributed by atoms with Crippen molar-refractivity contribution in [2.24, 2.45) is 16.2 Å². The summed E-state index contributed by atoms with van der Waals surface area (Å²) in [6.45, 7) is 36.2. The van der Waals surface area contributed by atoms with Crippen LogP contribution in [-0.2, 0) is 0 Å². The van der Waals surface area contributed by atoms with Gasteiger partial charge in [-0.25, -0.2) is 0 Å². The molecule has 0 amide bonds. The van der Waals surface area contributed by atoms with Crippen molar-refractivity contribution >= 4 is 7.92 Å². The third-order valence-corrected chi connectivity index (χ3v) is 13.7. The van der Waals surface area contributed by atoms with Gasteiger partial charge in [0, 0.05) is 16.2 Å². The maximum atomic E-state index is 2.48. The first-order chi connectivity index (χ1) is 13.9. The third-order valence-electron chi connectivity index (χ3n) is 9.70. The van der Waals surface area contributed by atoms with E-state index in [1.165, 1.54) is 16.7 Å². The van der Waals surface area contributed by atoms with Crippen molar-refractivity contribution in [3.05, 3.63) is 66.1 Å². The molecule has 0 radical (unpaired) electrons. The van der Waals surface area contributed by atoms with Gasteiger partial charge in [-0.2, -0.15) is 0 Å². The highest BCUT2D eigenvalue weighted by Crippen LogP contribution is 2.79. The molecule has 3 rings (SSSR count). The van der Waals surface area contributed by atoms with Crippen molar-refractivity contribution in [1.29, 1.82) is 0 Å². The largest absolute Gasteiger partial charge is 0.0600 e. The molecule has 0 saturated carbocycles. The molecule has 170 valence electrons. The Morgan fingerprint density at radius 1 is 0.355 bits per heavy atom. The van der Waals surface area contributed by atoms with Crippen LogP contribution in [0.4, 0.5) is 0 Å². The van der Waals surface area contributed by atoms with E-state index in [0.717, 1.165) is 0 Å². The van der Waals surface area contributed by atoms with Crippen molar-refractivity contribution < 1.29 is 0 Å². The fourth-order valence-electron chi connectivity index (χ4n) is 6.40. The zero-order chi connectivity index (χ0) is 24.0. The quantitative estimate of drug-likeness (QED) is 0.386. The second-order valence-electron chi connectivity index (χ2n) is 11.9. The van der Waals surface area contributed by atoms with Gasteiger partial charge >= 0.3 is 0 Å². The summed E-state index contributed by atoms with van der Waals surface area (Å²) >= 11 is 0. The highest BCUT2D eigenvalue weighted by molar-refractivity contribution is 7.70. The second-order valence-corrected chi connectivity index (χ2v) is 13.9. The van der Waals surface area contributed by atoms with Crippen LogP contribution in [0.2, 0.25) is 0 Å². The van der Waals surface area contributed by atoms with Crippen LogP contribution in [0.3, 0.4) is 0 Å². The molecule has 0 aromatic heterocycles. The molecule has 0 spiro atoms. The average molecular weight is 437 g/mol. The minimum Gasteiger partial charge on any atom is -0.0600 e. The number of allylic oxidation sites excluding steroid dienone is 12. The summed E-state index contributed by atoms with van der Waals surface area (Å²) in [6, 6.07) is 0. The molecule has 0 aromatic rings. The highest BCUT2D eigenvalue weighted by atomic mass is 31.1. The van der Waals surface area contributed by atoms with Crippen LogP contribution in [0.15, 0.2) is 66.1 Å². The van der Waals surface area contributed by atoms with Crippen LogP contribution < -0.4 is 0 Å². The van der Waals surface area contributed by atoms with Crippen LogP contribution in [0, 0.1) is 16.2 Å². The van der Waals surface area contributed by atoms with Crippen molar-refractivity contribution in [3.63, 3.8) is 0 Å². The van der Waals surface area contributed by atoms with Crippen molar-refractivity contribution in [3.8, 4) is 0 Å². The summed E-state index contributed by atoms with van der Waals surface area (Å²) in [7, 11) is -0.592. The minimum atomic E-state index is -0.592. The Kier molecular flexibility index (Phi) is 5.68. The highest BCUT2D eigenvalue weighted by Gasteiger charge is 2.51. The van der Waals surface area contributed by atoms with Crippen molar-refractivity contribution in [1.82, 2.24) is 0 Å². The van der Waals surface area contributed by atoms with Crippen molar-refractivity contribution in [2.75, 3.05) is 0 Å². The Hall–Kier alpha value is -1.13. The fraction of sp³-hybridized carbons (Fsp3) is 0.600. The van der Waals surface area contributed by atoms with Gasteiger partial charge < -0.3 is 0 Å². The van der Waals surface area contributed by atoms with Gasteiger partial charge in [-0.15, -0.1) is 0 Å². The summed E-state index contributed by atoms with van der Waals surface area (Å²) in [5, 5.41) is 5.10. The normalized spacial score (nSPS) is 25.5. The second kappa shape index (κ2) is 7.18. The Bertz CT molecular complexity index is 930. The lowest BCUT2D eigenvalue weighted by Crippen LogP contribution is -2.22. The molecular formula is C30H45P.